The van der Waals surface area contributed by atoms with Crippen LogP contribution in [0.1, 0.15) is 11.1 Å². The first-order chi connectivity index (χ1) is 8.45. The Morgan fingerprint density at radius 3 is 2.39 bits per heavy atom. The predicted molar refractivity (Wildman–Crippen MR) is 65.3 cm³/mol. The molecule has 1 heterocycles. The van der Waals surface area contributed by atoms with Gasteiger partial charge in [-0.1, -0.05) is 23.5 Å². The summed E-state index contributed by atoms with van der Waals surface area (Å²) in [4.78, 5) is 3.99. The number of nitrogens with one attached hydrogen (secondary N) is 1. The SMILES string of the molecule is Nc1cnc(NCc2ccc(C(F)(F)F)cc2)s1. The van der Waals surface area contributed by atoms with E-state index in [4.69, 9.17) is 5.73 Å². The van der Waals surface area contributed by atoms with Gasteiger partial charge in [0, 0.05) is 6.54 Å². The van der Waals surface area contributed by atoms with Gasteiger partial charge in [-0.25, -0.2) is 4.98 Å². The van der Waals surface area contributed by atoms with Gasteiger partial charge in [0.15, 0.2) is 5.13 Å². The van der Waals surface area contributed by atoms with Gasteiger partial charge < -0.3 is 11.1 Å². The maximum Gasteiger partial charge on any atom is 0.416 e. The third-order valence-corrected chi connectivity index (χ3v) is 3.03. The van der Waals surface area contributed by atoms with Crippen molar-refractivity contribution < 1.29 is 13.2 Å². The van der Waals surface area contributed by atoms with Gasteiger partial charge in [-0.2, -0.15) is 13.2 Å². The first-order valence-electron chi connectivity index (χ1n) is 5.06. The quantitative estimate of drug-likeness (QED) is 0.901. The molecule has 2 rings (SSSR count). The van der Waals surface area contributed by atoms with Crippen molar-refractivity contribution in [3.8, 4) is 0 Å². The van der Waals surface area contributed by atoms with Crippen LogP contribution >= 0.6 is 11.3 Å². The second-order valence-electron chi connectivity index (χ2n) is 3.62. The molecular weight excluding hydrogens is 263 g/mol. The van der Waals surface area contributed by atoms with Gasteiger partial charge in [-0.3, -0.25) is 0 Å². The maximum atomic E-state index is 12.3. The number of rotatable bonds is 3. The van der Waals surface area contributed by atoms with Crippen LogP contribution in [0.3, 0.4) is 0 Å². The van der Waals surface area contributed by atoms with Crippen molar-refractivity contribution >= 4 is 21.5 Å². The molecule has 0 saturated carbocycles. The Balaban J connectivity index is 1.98. The molecule has 18 heavy (non-hydrogen) atoms. The van der Waals surface area contributed by atoms with Gasteiger partial charge >= 0.3 is 6.18 Å². The number of benzene rings is 1. The van der Waals surface area contributed by atoms with Crippen LogP contribution in [-0.4, -0.2) is 4.98 Å². The van der Waals surface area contributed by atoms with Gasteiger partial charge in [-0.15, -0.1) is 0 Å². The molecular formula is C11H10F3N3S. The third kappa shape index (κ3) is 3.13. The Morgan fingerprint density at radius 1 is 1.22 bits per heavy atom. The first-order valence-corrected chi connectivity index (χ1v) is 5.88. The fraction of sp³-hybridized carbons (Fsp3) is 0.182. The number of nitrogen functional groups attached to an aromatic ring is 1. The zero-order valence-electron chi connectivity index (χ0n) is 9.16. The Bertz CT molecular complexity index is 519. The number of thiazole rings is 1. The minimum Gasteiger partial charge on any atom is -0.389 e. The molecule has 0 unspecified atom stereocenters. The second-order valence-corrected chi connectivity index (χ2v) is 4.68. The highest BCUT2D eigenvalue weighted by molar-refractivity contribution is 7.19. The molecule has 7 heteroatoms. The molecule has 2 aromatic rings. The highest BCUT2D eigenvalue weighted by Crippen LogP contribution is 2.29. The van der Waals surface area contributed by atoms with Crippen LogP contribution in [0, 0.1) is 0 Å². The second kappa shape index (κ2) is 4.85. The number of halogens is 3. The molecule has 0 radical (unpaired) electrons. The van der Waals surface area contributed by atoms with E-state index in [2.05, 4.69) is 10.3 Å². The zero-order chi connectivity index (χ0) is 13.2. The number of hydrogen-bond donors (Lipinski definition) is 2. The summed E-state index contributed by atoms with van der Waals surface area (Å²) in [7, 11) is 0. The van der Waals surface area contributed by atoms with Crippen molar-refractivity contribution in [1.82, 2.24) is 4.98 Å². The molecule has 96 valence electrons. The zero-order valence-corrected chi connectivity index (χ0v) is 9.98. The summed E-state index contributed by atoms with van der Waals surface area (Å²) in [6.45, 7) is 0.408. The van der Waals surface area contributed by atoms with Crippen molar-refractivity contribution in [2.75, 3.05) is 11.1 Å². The summed E-state index contributed by atoms with van der Waals surface area (Å²) in [6, 6.07) is 5.00. The smallest absolute Gasteiger partial charge is 0.389 e. The molecule has 0 aliphatic carbocycles. The number of aromatic nitrogens is 1. The van der Waals surface area contributed by atoms with Crippen LogP contribution in [-0.2, 0) is 12.7 Å². The number of nitrogens with zero attached hydrogens (tertiary/aromatic N) is 1. The van der Waals surface area contributed by atoms with Crippen molar-refractivity contribution in [3.05, 3.63) is 41.6 Å². The van der Waals surface area contributed by atoms with E-state index in [0.29, 0.717) is 16.7 Å². The van der Waals surface area contributed by atoms with Crippen LogP contribution in [0.4, 0.5) is 23.3 Å². The summed E-state index contributed by atoms with van der Waals surface area (Å²) >= 11 is 1.29. The Kier molecular flexibility index (Phi) is 3.42. The summed E-state index contributed by atoms with van der Waals surface area (Å²) in [5.74, 6) is 0. The van der Waals surface area contributed by atoms with Gasteiger partial charge in [0.25, 0.3) is 0 Å². The lowest BCUT2D eigenvalue weighted by Crippen LogP contribution is -2.05. The summed E-state index contributed by atoms with van der Waals surface area (Å²) < 4.78 is 37.0. The van der Waals surface area contributed by atoms with Crippen LogP contribution in [0.15, 0.2) is 30.5 Å². The van der Waals surface area contributed by atoms with E-state index in [1.165, 1.54) is 29.7 Å². The van der Waals surface area contributed by atoms with Crippen molar-refractivity contribution in [2.24, 2.45) is 0 Å². The molecule has 0 atom stereocenters. The molecule has 0 aliphatic heterocycles. The molecule has 0 spiro atoms. The standard InChI is InChI=1S/C11H10F3N3S/c12-11(13,14)8-3-1-7(2-4-8)5-16-10-17-6-9(15)18-10/h1-4,6H,5,15H2,(H,16,17). The molecule has 3 nitrogen and oxygen atoms in total. The van der Waals surface area contributed by atoms with E-state index in [9.17, 15) is 13.2 Å². The third-order valence-electron chi connectivity index (χ3n) is 2.25. The predicted octanol–water partition coefficient (Wildman–Crippen LogP) is 3.36. The van der Waals surface area contributed by atoms with Gasteiger partial charge in [0.1, 0.15) is 5.00 Å². The van der Waals surface area contributed by atoms with E-state index in [1.807, 2.05) is 0 Å². The maximum absolute atomic E-state index is 12.3. The monoisotopic (exact) mass is 273 g/mol. The van der Waals surface area contributed by atoms with E-state index in [-0.39, 0.29) is 0 Å². The minimum atomic E-state index is -4.30. The molecule has 0 fully saturated rings. The Hall–Kier alpha value is -1.76. The van der Waals surface area contributed by atoms with E-state index >= 15 is 0 Å². The number of alkyl halides is 3. The van der Waals surface area contributed by atoms with Crippen LogP contribution < -0.4 is 11.1 Å². The molecule has 1 aromatic heterocycles. The summed E-state index contributed by atoms with van der Waals surface area (Å²) in [5.41, 5.74) is 5.60. The average molecular weight is 273 g/mol. The van der Waals surface area contributed by atoms with E-state index < -0.39 is 11.7 Å². The van der Waals surface area contributed by atoms with Gasteiger partial charge in [0.05, 0.1) is 11.8 Å². The highest BCUT2D eigenvalue weighted by atomic mass is 32.1. The molecule has 0 amide bonds. The fourth-order valence-electron chi connectivity index (χ4n) is 1.36. The van der Waals surface area contributed by atoms with Crippen molar-refractivity contribution in [2.45, 2.75) is 12.7 Å². The fourth-order valence-corrected chi connectivity index (χ4v) is 1.94. The molecule has 3 N–H and O–H groups in total. The Labute approximate surface area is 105 Å². The van der Waals surface area contributed by atoms with Crippen molar-refractivity contribution in [3.63, 3.8) is 0 Å². The summed E-state index contributed by atoms with van der Waals surface area (Å²) in [6.07, 6.45) is -2.77. The Morgan fingerprint density at radius 2 is 1.89 bits per heavy atom. The molecule has 0 bridgehead atoms. The van der Waals surface area contributed by atoms with E-state index in [0.717, 1.165) is 17.7 Å². The lowest BCUT2D eigenvalue weighted by atomic mass is 10.1. The van der Waals surface area contributed by atoms with Crippen molar-refractivity contribution in [1.29, 1.82) is 0 Å². The number of anilines is 2. The average Bonchev–Trinajstić information content (AvgIpc) is 2.72. The number of hydrogen-bond acceptors (Lipinski definition) is 4. The van der Waals surface area contributed by atoms with Crippen LogP contribution in [0.25, 0.3) is 0 Å². The lowest BCUT2D eigenvalue weighted by molar-refractivity contribution is -0.137. The highest BCUT2D eigenvalue weighted by Gasteiger charge is 2.29. The first kappa shape index (κ1) is 12.7. The molecule has 1 aromatic carbocycles. The van der Waals surface area contributed by atoms with Gasteiger partial charge in [0.2, 0.25) is 0 Å². The van der Waals surface area contributed by atoms with Crippen LogP contribution in [0.2, 0.25) is 0 Å². The molecule has 0 saturated heterocycles. The number of nitrogens with two attached hydrogens (primary N) is 1. The molecule has 0 aliphatic rings. The lowest BCUT2D eigenvalue weighted by Gasteiger charge is -2.07. The largest absolute Gasteiger partial charge is 0.416 e. The van der Waals surface area contributed by atoms with Gasteiger partial charge in [-0.05, 0) is 17.7 Å². The minimum absolute atomic E-state index is 0.408. The van der Waals surface area contributed by atoms with E-state index in [1.54, 1.807) is 0 Å². The van der Waals surface area contributed by atoms with Crippen LogP contribution in [0.5, 0.6) is 0 Å². The topological polar surface area (TPSA) is 50.9 Å². The normalized spacial score (nSPS) is 11.5. The summed E-state index contributed by atoms with van der Waals surface area (Å²) in [5, 5.41) is 4.22.